The van der Waals surface area contributed by atoms with Gasteiger partial charge in [0.2, 0.25) is 0 Å². The largest absolute Gasteiger partial charge is 0.396 e. The molecule has 2 N–H and O–H groups in total. The second-order valence-electron chi connectivity index (χ2n) is 5.30. The van der Waals surface area contributed by atoms with Crippen LogP contribution < -0.4 is 5.32 Å². The van der Waals surface area contributed by atoms with E-state index in [0.717, 1.165) is 10.5 Å². The minimum absolute atomic E-state index is 0.0791. The molecule has 0 heterocycles. The highest BCUT2D eigenvalue weighted by atomic mass is 32.2. The first-order valence-corrected chi connectivity index (χ1v) is 8.77. The van der Waals surface area contributed by atoms with Crippen molar-refractivity contribution in [2.75, 3.05) is 18.9 Å². The molecule has 5 heteroatoms. The highest BCUT2D eigenvalue weighted by Gasteiger charge is 2.13. The van der Waals surface area contributed by atoms with E-state index >= 15 is 0 Å². The smallest absolute Gasteiger partial charge is 0.251 e. The Labute approximate surface area is 146 Å². The molecule has 0 aliphatic heterocycles. The van der Waals surface area contributed by atoms with Crippen molar-refractivity contribution in [2.24, 2.45) is 0 Å². The molecule has 4 nitrogen and oxygen atoms in total. The lowest BCUT2D eigenvalue weighted by Gasteiger charge is -2.17. The van der Waals surface area contributed by atoms with E-state index < -0.39 is 0 Å². The molecule has 124 valence electrons. The van der Waals surface area contributed by atoms with Crippen LogP contribution in [0.4, 0.5) is 0 Å². The number of benzene rings is 2. The van der Waals surface area contributed by atoms with Crippen molar-refractivity contribution in [3.05, 3.63) is 65.7 Å². The van der Waals surface area contributed by atoms with E-state index in [2.05, 4.69) is 11.4 Å². The Hall–Kier alpha value is -2.29. The number of aliphatic hydroxyl groups excluding tert-OH is 1. The van der Waals surface area contributed by atoms with E-state index in [0.29, 0.717) is 24.3 Å². The summed E-state index contributed by atoms with van der Waals surface area (Å²) < 4.78 is 0. The number of hydrogen-bond acceptors (Lipinski definition) is 4. The van der Waals surface area contributed by atoms with E-state index in [1.807, 2.05) is 42.5 Å². The maximum Gasteiger partial charge on any atom is 0.251 e. The van der Waals surface area contributed by atoms with Crippen LogP contribution >= 0.6 is 11.8 Å². The summed E-state index contributed by atoms with van der Waals surface area (Å²) in [5.74, 6) is 0.294. The lowest BCUT2D eigenvalue weighted by molar-refractivity contribution is 0.0949. The van der Waals surface area contributed by atoms with E-state index in [-0.39, 0.29) is 18.4 Å². The van der Waals surface area contributed by atoms with Gasteiger partial charge in [-0.1, -0.05) is 36.4 Å². The van der Waals surface area contributed by atoms with E-state index in [1.165, 1.54) is 11.8 Å². The molecule has 0 aliphatic carbocycles. The summed E-state index contributed by atoms with van der Waals surface area (Å²) in [5, 5.41) is 20.8. The third-order valence-corrected chi connectivity index (χ3v) is 4.52. The van der Waals surface area contributed by atoms with Crippen LogP contribution in [0.25, 0.3) is 0 Å². The molecular formula is C19H20N2O2S. The van der Waals surface area contributed by atoms with Gasteiger partial charge in [-0.3, -0.25) is 4.79 Å². The molecular weight excluding hydrogens is 320 g/mol. The molecule has 0 saturated heterocycles. The average Bonchev–Trinajstić information content (AvgIpc) is 2.64. The van der Waals surface area contributed by atoms with Crippen LogP contribution in [-0.4, -0.2) is 29.9 Å². The third kappa shape index (κ3) is 5.41. The molecule has 0 aromatic heterocycles. The Kier molecular flexibility index (Phi) is 7.34. The summed E-state index contributed by atoms with van der Waals surface area (Å²) in [6.07, 6.45) is 0.600. The van der Waals surface area contributed by atoms with Crippen molar-refractivity contribution in [2.45, 2.75) is 17.2 Å². The topological polar surface area (TPSA) is 73.1 Å². The summed E-state index contributed by atoms with van der Waals surface area (Å²) in [6.45, 7) is 0.550. The van der Waals surface area contributed by atoms with Gasteiger partial charge in [-0.15, -0.1) is 11.8 Å². The summed E-state index contributed by atoms with van der Waals surface area (Å²) >= 11 is 1.41. The zero-order chi connectivity index (χ0) is 17.2. The fourth-order valence-electron chi connectivity index (χ4n) is 2.43. The van der Waals surface area contributed by atoms with Crippen molar-refractivity contribution in [1.29, 1.82) is 5.26 Å². The molecule has 1 amide bonds. The number of thioether (sulfide) groups is 1. The minimum Gasteiger partial charge on any atom is -0.396 e. The van der Waals surface area contributed by atoms with Crippen LogP contribution in [-0.2, 0) is 0 Å². The van der Waals surface area contributed by atoms with Gasteiger partial charge in [0.05, 0.1) is 11.8 Å². The fraction of sp³-hybridized carbons (Fsp3) is 0.263. The van der Waals surface area contributed by atoms with Gasteiger partial charge in [-0.25, -0.2) is 0 Å². The van der Waals surface area contributed by atoms with Gasteiger partial charge in [0.25, 0.3) is 5.91 Å². The molecule has 1 unspecified atom stereocenters. The van der Waals surface area contributed by atoms with Crippen molar-refractivity contribution in [1.82, 2.24) is 5.32 Å². The van der Waals surface area contributed by atoms with Crippen LogP contribution in [0.15, 0.2) is 59.5 Å². The van der Waals surface area contributed by atoms with E-state index in [4.69, 9.17) is 5.26 Å². The number of carbonyl (C=O) groups excluding carboxylic acids is 1. The van der Waals surface area contributed by atoms with Crippen molar-refractivity contribution >= 4 is 17.7 Å². The Morgan fingerprint density at radius 2 is 2.00 bits per heavy atom. The van der Waals surface area contributed by atoms with Gasteiger partial charge in [-0.05, 0) is 30.2 Å². The van der Waals surface area contributed by atoms with Crippen molar-refractivity contribution in [3.63, 3.8) is 0 Å². The number of carbonyl (C=O) groups is 1. The van der Waals surface area contributed by atoms with E-state index in [9.17, 15) is 9.90 Å². The number of aliphatic hydroxyl groups is 1. The quantitative estimate of drug-likeness (QED) is 0.724. The second kappa shape index (κ2) is 9.76. The van der Waals surface area contributed by atoms with Gasteiger partial charge >= 0.3 is 0 Å². The summed E-state index contributed by atoms with van der Waals surface area (Å²) in [5.41, 5.74) is 1.68. The lowest BCUT2D eigenvalue weighted by Crippen LogP contribution is -2.28. The van der Waals surface area contributed by atoms with Crippen LogP contribution in [0.2, 0.25) is 0 Å². The molecule has 0 radical (unpaired) electrons. The Morgan fingerprint density at radius 1 is 1.21 bits per heavy atom. The number of hydrogen-bond donors (Lipinski definition) is 2. The molecule has 0 aliphatic rings. The minimum atomic E-state index is -0.145. The highest BCUT2D eigenvalue weighted by molar-refractivity contribution is 7.99. The van der Waals surface area contributed by atoms with Crippen molar-refractivity contribution in [3.8, 4) is 6.07 Å². The normalized spacial score (nSPS) is 11.5. The number of nitrogens with zero attached hydrogens (tertiary/aromatic N) is 1. The Bertz CT molecular complexity index is 698. The first-order chi connectivity index (χ1) is 11.7. The maximum atomic E-state index is 12.4. The third-order valence-electron chi connectivity index (χ3n) is 3.66. The van der Waals surface area contributed by atoms with Crippen LogP contribution in [0.1, 0.15) is 28.3 Å². The Morgan fingerprint density at radius 3 is 2.71 bits per heavy atom. The van der Waals surface area contributed by atoms with Crippen LogP contribution in [0.5, 0.6) is 0 Å². The summed E-state index contributed by atoms with van der Waals surface area (Å²) in [7, 11) is 0. The number of rotatable bonds is 8. The zero-order valence-electron chi connectivity index (χ0n) is 13.3. The lowest BCUT2D eigenvalue weighted by atomic mass is 9.96. The molecule has 0 bridgehead atoms. The SMILES string of the molecule is N#CCSc1cccc(C(=O)NCC(CCO)c2ccccc2)c1. The second-order valence-corrected chi connectivity index (χ2v) is 6.35. The number of amides is 1. The van der Waals surface area contributed by atoms with Crippen molar-refractivity contribution < 1.29 is 9.90 Å². The van der Waals surface area contributed by atoms with Gasteiger partial charge in [-0.2, -0.15) is 5.26 Å². The van der Waals surface area contributed by atoms with Crippen LogP contribution in [0, 0.1) is 11.3 Å². The van der Waals surface area contributed by atoms with Gasteiger partial charge in [0, 0.05) is 29.5 Å². The molecule has 2 aromatic carbocycles. The highest BCUT2D eigenvalue weighted by Crippen LogP contribution is 2.20. The zero-order valence-corrected chi connectivity index (χ0v) is 14.1. The molecule has 2 rings (SSSR count). The average molecular weight is 340 g/mol. The molecule has 0 spiro atoms. The van der Waals surface area contributed by atoms with Gasteiger partial charge in [0.15, 0.2) is 0 Å². The molecule has 2 aromatic rings. The monoisotopic (exact) mass is 340 g/mol. The summed E-state index contributed by atoms with van der Waals surface area (Å²) in [6, 6.07) is 19.2. The Balaban J connectivity index is 1.99. The van der Waals surface area contributed by atoms with E-state index in [1.54, 1.807) is 12.1 Å². The van der Waals surface area contributed by atoms with Gasteiger partial charge < -0.3 is 10.4 Å². The molecule has 1 atom stereocenters. The first kappa shape index (κ1) is 18.1. The van der Waals surface area contributed by atoms with Crippen LogP contribution in [0.3, 0.4) is 0 Å². The molecule has 0 saturated carbocycles. The standard InChI is InChI=1S/C19H20N2O2S/c20-10-12-24-18-8-4-7-16(13-18)19(23)21-14-17(9-11-22)15-5-2-1-3-6-15/h1-8,13,17,22H,9,11-12,14H2,(H,21,23). The fourth-order valence-corrected chi connectivity index (χ4v) is 3.04. The maximum absolute atomic E-state index is 12.4. The predicted octanol–water partition coefficient (Wildman–Crippen LogP) is 3.20. The van der Waals surface area contributed by atoms with Gasteiger partial charge in [0.1, 0.15) is 0 Å². The summed E-state index contributed by atoms with van der Waals surface area (Å²) in [4.78, 5) is 13.3. The number of nitrogens with one attached hydrogen (secondary N) is 1. The predicted molar refractivity (Wildman–Crippen MR) is 96.0 cm³/mol. The molecule has 24 heavy (non-hydrogen) atoms. The molecule has 0 fully saturated rings. The number of nitriles is 1. The first-order valence-electron chi connectivity index (χ1n) is 7.78.